The second-order valence-electron chi connectivity index (χ2n) is 5.32. The summed E-state index contributed by atoms with van der Waals surface area (Å²) in [5.41, 5.74) is 0. The summed E-state index contributed by atoms with van der Waals surface area (Å²) in [6, 6.07) is 0. The van der Waals surface area contributed by atoms with Crippen LogP contribution in [-0.2, 0) is 14.4 Å². The average molecular weight is 275 g/mol. The molecule has 19 heavy (non-hydrogen) atoms. The summed E-state index contributed by atoms with van der Waals surface area (Å²) in [4.78, 5) is 19.2. The summed E-state index contributed by atoms with van der Waals surface area (Å²) in [5.74, 6) is 4.41. The fraction of sp³-hybridized carbons (Fsp3) is 0.923. The van der Waals surface area contributed by atoms with Gasteiger partial charge in [0.1, 0.15) is 0 Å². The van der Waals surface area contributed by atoms with Gasteiger partial charge >= 0.3 is 5.97 Å². The van der Waals surface area contributed by atoms with Crippen LogP contribution in [0.3, 0.4) is 0 Å². The molecule has 0 amide bonds. The fourth-order valence-electron chi connectivity index (χ4n) is 1.83. The molecule has 0 unspecified atom stereocenters. The first-order valence-corrected chi connectivity index (χ1v) is 6.76. The summed E-state index contributed by atoms with van der Waals surface area (Å²) in [6.45, 7) is 2.55. The van der Waals surface area contributed by atoms with E-state index in [1.54, 1.807) is 0 Å². The summed E-state index contributed by atoms with van der Waals surface area (Å²) in [5, 5.41) is 0. The van der Waals surface area contributed by atoms with Gasteiger partial charge in [0.25, 0.3) is 0 Å². The Balaban J connectivity index is 3.65. The summed E-state index contributed by atoms with van der Waals surface area (Å²) in [7, 11) is 8.18. The van der Waals surface area contributed by atoms with Gasteiger partial charge in [-0.15, -0.1) is 0 Å². The number of carbonyl (C=O) groups is 1. The van der Waals surface area contributed by atoms with E-state index < -0.39 is 0 Å². The lowest BCUT2D eigenvalue weighted by Gasteiger charge is -2.24. The lowest BCUT2D eigenvalue weighted by molar-refractivity contribution is -0.144. The maximum Gasteiger partial charge on any atom is 0.324 e. The molecule has 0 aromatic carbocycles. The van der Waals surface area contributed by atoms with Crippen LogP contribution in [0.2, 0.25) is 0 Å². The van der Waals surface area contributed by atoms with Crippen LogP contribution in [0.25, 0.3) is 0 Å². The maximum atomic E-state index is 10.8. The van der Waals surface area contributed by atoms with E-state index in [1.165, 1.54) is 0 Å². The van der Waals surface area contributed by atoms with Crippen molar-refractivity contribution in [2.24, 2.45) is 5.90 Å². The van der Waals surface area contributed by atoms with Gasteiger partial charge in [0.15, 0.2) is 0 Å². The van der Waals surface area contributed by atoms with Gasteiger partial charge in [-0.25, -0.2) is 0 Å². The highest BCUT2D eigenvalue weighted by Crippen LogP contribution is 2.03. The number of rotatable bonds is 11. The molecule has 0 fully saturated rings. The van der Waals surface area contributed by atoms with Gasteiger partial charge in [-0.2, -0.15) is 5.90 Å². The number of ether oxygens (including phenoxy) is 1. The summed E-state index contributed by atoms with van der Waals surface area (Å²) < 4.78 is 5.87. The topological polar surface area (TPSA) is 68.0 Å². The van der Waals surface area contributed by atoms with Crippen molar-refractivity contribution in [2.45, 2.75) is 31.8 Å². The van der Waals surface area contributed by atoms with E-state index >= 15 is 0 Å². The third-order valence-electron chi connectivity index (χ3n) is 2.65. The third-order valence-corrected chi connectivity index (χ3v) is 2.65. The summed E-state index contributed by atoms with van der Waals surface area (Å²) >= 11 is 0. The zero-order chi connectivity index (χ0) is 14.7. The molecule has 0 aromatic heterocycles. The van der Waals surface area contributed by atoms with Gasteiger partial charge in [0.05, 0.1) is 6.10 Å². The van der Waals surface area contributed by atoms with Gasteiger partial charge in [-0.05, 0) is 41.0 Å². The van der Waals surface area contributed by atoms with Crippen LogP contribution < -0.4 is 5.90 Å². The van der Waals surface area contributed by atoms with Crippen molar-refractivity contribution in [3.8, 4) is 0 Å². The Kier molecular flexibility index (Phi) is 10.8. The van der Waals surface area contributed by atoms with Crippen molar-refractivity contribution in [1.29, 1.82) is 0 Å². The standard InChI is InChI=1S/C13H29N3O3/c1-15(2)10-12(11-16(3)4)18-9-7-5-6-8-13(17)19-14/h12H,5-11,14H2,1-4H3. The number of nitrogens with zero attached hydrogens (tertiary/aromatic N) is 2. The average Bonchev–Trinajstić information content (AvgIpc) is 2.31. The molecule has 0 rings (SSSR count). The molecule has 0 saturated heterocycles. The molecule has 0 aromatic rings. The molecule has 114 valence electrons. The number of unbranched alkanes of at least 4 members (excludes halogenated alkanes) is 2. The van der Waals surface area contributed by atoms with Crippen molar-refractivity contribution in [1.82, 2.24) is 9.80 Å². The third kappa shape index (κ3) is 12.1. The van der Waals surface area contributed by atoms with Crippen LogP contribution in [0.1, 0.15) is 25.7 Å². The lowest BCUT2D eigenvalue weighted by atomic mass is 10.2. The molecule has 0 atom stereocenters. The van der Waals surface area contributed by atoms with Crippen LogP contribution >= 0.6 is 0 Å². The Labute approximate surface area is 116 Å². The maximum absolute atomic E-state index is 10.8. The van der Waals surface area contributed by atoms with E-state index in [1.807, 2.05) is 28.2 Å². The molecule has 0 saturated carbocycles. The molecule has 0 bridgehead atoms. The van der Waals surface area contributed by atoms with Crippen molar-refractivity contribution in [2.75, 3.05) is 47.9 Å². The Morgan fingerprint density at radius 2 is 1.63 bits per heavy atom. The molecular weight excluding hydrogens is 246 g/mol. The predicted octanol–water partition coefficient (Wildman–Crippen LogP) is 0.472. The fourth-order valence-corrected chi connectivity index (χ4v) is 1.83. The Morgan fingerprint density at radius 3 is 2.11 bits per heavy atom. The molecule has 2 N–H and O–H groups in total. The van der Waals surface area contributed by atoms with Crippen molar-refractivity contribution < 1.29 is 14.4 Å². The van der Waals surface area contributed by atoms with Crippen LogP contribution in [0.5, 0.6) is 0 Å². The number of likely N-dealkylation sites (N-methyl/N-ethyl adjacent to an activating group) is 2. The van der Waals surface area contributed by atoms with Crippen LogP contribution in [0, 0.1) is 0 Å². The molecule has 0 heterocycles. The van der Waals surface area contributed by atoms with E-state index in [-0.39, 0.29) is 12.1 Å². The van der Waals surface area contributed by atoms with Gasteiger partial charge in [-0.3, -0.25) is 4.79 Å². The van der Waals surface area contributed by atoms with E-state index in [0.717, 1.165) is 39.0 Å². The van der Waals surface area contributed by atoms with Crippen LogP contribution in [-0.4, -0.2) is 69.8 Å². The van der Waals surface area contributed by atoms with Crippen LogP contribution in [0.4, 0.5) is 0 Å². The van der Waals surface area contributed by atoms with Gasteiger partial charge in [-0.1, -0.05) is 6.42 Å². The second kappa shape index (κ2) is 11.2. The molecular formula is C13H29N3O3. The highest BCUT2D eigenvalue weighted by atomic mass is 16.7. The summed E-state index contributed by atoms with van der Waals surface area (Å²) in [6.07, 6.45) is 3.31. The van der Waals surface area contributed by atoms with Crippen molar-refractivity contribution >= 4 is 5.97 Å². The monoisotopic (exact) mass is 275 g/mol. The van der Waals surface area contributed by atoms with Crippen molar-refractivity contribution in [3.05, 3.63) is 0 Å². The van der Waals surface area contributed by atoms with Gasteiger partial charge < -0.3 is 19.4 Å². The SMILES string of the molecule is CN(C)CC(CN(C)C)OCCCCCC(=O)ON. The highest BCUT2D eigenvalue weighted by molar-refractivity contribution is 5.68. The minimum absolute atomic E-state index is 0.221. The number of hydrogen-bond donors (Lipinski definition) is 1. The molecule has 6 heteroatoms. The lowest BCUT2D eigenvalue weighted by Crippen LogP contribution is -2.37. The minimum Gasteiger partial charge on any atom is -0.376 e. The first-order valence-electron chi connectivity index (χ1n) is 6.76. The minimum atomic E-state index is -0.348. The quantitative estimate of drug-likeness (QED) is 0.437. The van der Waals surface area contributed by atoms with E-state index in [2.05, 4.69) is 14.6 Å². The van der Waals surface area contributed by atoms with Crippen molar-refractivity contribution in [3.63, 3.8) is 0 Å². The van der Waals surface area contributed by atoms with Gasteiger partial charge in [0, 0.05) is 26.1 Å². The normalized spacial score (nSPS) is 11.6. The zero-order valence-electron chi connectivity index (χ0n) is 12.7. The largest absolute Gasteiger partial charge is 0.376 e. The Hall–Kier alpha value is -0.690. The molecule has 0 aliphatic rings. The molecule has 0 spiro atoms. The Morgan fingerprint density at radius 1 is 1.05 bits per heavy atom. The smallest absolute Gasteiger partial charge is 0.324 e. The van der Waals surface area contributed by atoms with Gasteiger partial charge in [0.2, 0.25) is 0 Å². The molecule has 0 radical (unpaired) electrons. The number of carbonyl (C=O) groups excluding carboxylic acids is 1. The Bertz CT molecular complexity index is 225. The zero-order valence-corrected chi connectivity index (χ0v) is 12.7. The number of nitrogens with two attached hydrogens (primary N) is 1. The second-order valence-corrected chi connectivity index (χ2v) is 5.32. The van der Waals surface area contributed by atoms with E-state index in [4.69, 9.17) is 10.6 Å². The first kappa shape index (κ1) is 18.3. The van der Waals surface area contributed by atoms with E-state index in [9.17, 15) is 4.79 Å². The first-order chi connectivity index (χ1) is 8.95. The highest BCUT2D eigenvalue weighted by Gasteiger charge is 2.11. The molecule has 0 aliphatic carbocycles. The van der Waals surface area contributed by atoms with E-state index in [0.29, 0.717) is 6.42 Å². The molecule has 6 nitrogen and oxygen atoms in total. The predicted molar refractivity (Wildman–Crippen MR) is 75.6 cm³/mol. The molecule has 0 aliphatic heterocycles. The van der Waals surface area contributed by atoms with Crippen LogP contribution in [0.15, 0.2) is 0 Å². The number of hydrogen-bond acceptors (Lipinski definition) is 6.